The molecule has 0 spiro atoms. The van der Waals surface area contributed by atoms with E-state index in [1.54, 1.807) is 11.8 Å². The SMILES string of the molecule is CCCCCCCCC(=O)CSc1ccccc1Br. The summed E-state index contributed by atoms with van der Waals surface area (Å²) in [5.74, 6) is 0.966. The van der Waals surface area contributed by atoms with Crippen LogP contribution in [0.15, 0.2) is 33.6 Å². The summed E-state index contributed by atoms with van der Waals surface area (Å²) in [5, 5.41) is 0. The van der Waals surface area contributed by atoms with E-state index in [1.807, 2.05) is 24.3 Å². The molecular weight excluding hydrogens is 320 g/mol. The lowest BCUT2D eigenvalue weighted by molar-refractivity contribution is -0.116. The van der Waals surface area contributed by atoms with Crippen molar-refractivity contribution in [3.8, 4) is 0 Å². The van der Waals surface area contributed by atoms with Crippen LogP contribution in [-0.4, -0.2) is 11.5 Å². The lowest BCUT2D eigenvalue weighted by Crippen LogP contribution is -2.01. The molecular formula is C16H23BrOS. The summed E-state index contributed by atoms with van der Waals surface area (Å²) in [6.45, 7) is 2.22. The number of halogens is 1. The van der Waals surface area contributed by atoms with Crippen LogP contribution in [0.4, 0.5) is 0 Å². The van der Waals surface area contributed by atoms with E-state index < -0.39 is 0 Å². The van der Waals surface area contributed by atoms with Crippen LogP contribution in [0, 0.1) is 0 Å². The maximum atomic E-state index is 11.8. The van der Waals surface area contributed by atoms with Gasteiger partial charge < -0.3 is 0 Å². The van der Waals surface area contributed by atoms with Gasteiger partial charge in [-0.2, -0.15) is 0 Å². The van der Waals surface area contributed by atoms with Gasteiger partial charge in [-0.05, 0) is 34.5 Å². The summed E-state index contributed by atoms with van der Waals surface area (Å²) in [5.41, 5.74) is 0. The summed E-state index contributed by atoms with van der Waals surface area (Å²) in [6, 6.07) is 8.06. The lowest BCUT2D eigenvalue weighted by Gasteiger charge is -2.04. The van der Waals surface area contributed by atoms with Crippen molar-refractivity contribution >= 4 is 33.5 Å². The first-order chi connectivity index (χ1) is 9.24. The van der Waals surface area contributed by atoms with E-state index in [0.29, 0.717) is 11.5 Å². The van der Waals surface area contributed by atoms with Gasteiger partial charge in [-0.1, -0.05) is 51.2 Å². The second kappa shape index (κ2) is 10.5. The fourth-order valence-electron chi connectivity index (χ4n) is 1.89. The van der Waals surface area contributed by atoms with E-state index in [9.17, 15) is 4.79 Å². The average Bonchev–Trinajstić information content (AvgIpc) is 2.42. The molecule has 3 heteroatoms. The van der Waals surface area contributed by atoms with Crippen molar-refractivity contribution in [3.63, 3.8) is 0 Å². The van der Waals surface area contributed by atoms with Gasteiger partial charge in [0.05, 0.1) is 5.75 Å². The van der Waals surface area contributed by atoms with Crippen molar-refractivity contribution in [2.45, 2.75) is 56.8 Å². The van der Waals surface area contributed by atoms with Crippen LogP contribution in [0.5, 0.6) is 0 Å². The van der Waals surface area contributed by atoms with Crippen LogP contribution < -0.4 is 0 Å². The van der Waals surface area contributed by atoms with Crippen LogP contribution in [0.1, 0.15) is 51.9 Å². The summed E-state index contributed by atoms with van der Waals surface area (Å²) < 4.78 is 1.08. The third-order valence-corrected chi connectivity index (χ3v) is 5.12. The molecule has 0 amide bonds. The smallest absolute Gasteiger partial charge is 0.143 e. The van der Waals surface area contributed by atoms with Crippen LogP contribution in [0.2, 0.25) is 0 Å². The summed E-state index contributed by atoms with van der Waals surface area (Å²) in [7, 11) is 0. The fraction of sp³-hybridized carbons (Fsp3) is 0.562. The number of thioether (sulfide) groups is 1. The Morgan fingerprint density at radius 3 is 2.53 bits per heavy atom. The van der Waals surface area contributed by atoms with Crippen molar-refractivity contribution in [1.29, 1.82) is 0 Å². The number of hydrogen-bond acceptors (Lipinski definition) is 2. The second-order valence-electron chi connectivity index (χ2n) is 4.78. The molecule has 19 heavy (non-hydrogen) atoms. The zero-order valence-corrected chi connectivity index (χ0v) is 14.1. The minimum absolute atomic E-state index is 0.372. The topological polar surface area (TPSA) is 17.1 Å². The Bertz CT molecular complexity index is 379. The highest BCUT2D eigenvalue weighted by Crippen LogP contribution is 2.27. The molecule has 1 rings (SSSR count). The maximum absolute atomic E-state index is 11.8. The molecule has 0 unspecified atom stereocenters. The predicted octanol–water partition coefficient (Wildman–Crippen LogP) is 5.86. The van der Waals surface area contributed by atoms with Gasteiger partial charge in [0.2, 0.25) is 0 Å². The molecule has 0 atom stereocenters. The second-order valence-corrected chi connectivity index (χ2v) is 6.65. The molecule has 0 bridgehead atoms. The number of rotatable bonds is 10. The normalized spacial score (nSPS) is 10.6. The minimum Gasteiger partial charge on any atom is -0.299 e. The highest BCUT2D eigenvalue weighted by molar-refractivity contribution is 9.10. The van der Waals surface area contributed by atoms with Gasteiger partial charge >= 0.3 is 0 Å². The molecule has 0 radical (unpaired) electrons. The number of benzene rings is 1. The van der Waals surface area contributed by atoms with Crippen LogP contribution in [-0.2, 0) is 4.79 Å². The van der Waals surface area contributed by atoms with E-state index in [4.69, 9.17) is 0 Å². The molecule has 0 heterocycles. The monoisotopic (exact) mass is 342 g/mol. The first kappa shape index (κ1) is 16.8. The molecule has 0 aliphatic heterocycles. The van der Waals surface area contributed by atoms with Gasteiger partial charge in [0.25, 0.3) is 0 Å². The molecule has 0 fully saturated rings. The zero-order chi connectivity index (χ0) is 13.9. The third kappa shape index (κ3) is 7.78. The molecule has 1 nitrogen and oxygen atoms in total. The molecule has 0 saturated heterocycles. The van der Waals surface area contributed by atoms with Crippen molar-refractivity contribution in [2.75, 3.05) is 5.75 Å². The van der Waals surface area contributed by atoms with Crippen LogP contribution >= 0.6 is 27.7 Å². The molecule has 0 N–H and O–H groups in total. The molecule has 0 aliphatic rings. The number of carbonyl (C=O) groups is 1. The van der Waals surface area contributed by atoms with E-state index in [2.05, 4.69) is 22.9 Å². The molecule has 0 saturated carbocycles. The Morgan fingerprint density at radius 1 is 1.11 bits per heavy atom. The Hall–Kier alpha value is -0.280. The fourth-order valence-corrected chi connectivity index (χ4v) is 3.36. The average molecular weight is 343 g/mol. The van der Waals surface area contributed by atoms with Crippen molar-refractivity contribution < 1.29 is 4.79 Å². The highest BCUT2D eigenvalue weighted by atomic mass is 79.9. The van der Waals surface area contributed by atoms with Crippen molar-refractivity contribution in [3.05, 3.63) is 28.7 Å². The Balaban J connectivity index is 2.10. The number of hydrogen-bond donors (Lipinski definition) is 0. The molecule has 106 valence electrons. The summed E-state index contributed by atoms with van der Waals surface area (Å²) in [4.78, 5) is 12.9. The first-order valence-electron chi connectivity index (χ1n) is 7.13. The van der Waals surface area contributed by atoms with E-state index in [0.717, 1.165) is 22.2 Å². The van der Waals surface area contributed by atoms with E-state index in [-0.39, 0.29) is 0 Å². The van der Waals surface area contributed by atoms with Gasteiger partial charge in [-0.25, -0.2) is 0 Å². The largest absolute Gasteiger partial charge is 0.299 e. The number of Topliss-reactive ketones (excluding diaryl/α,β-unsaturated/α-hetero) is 1. The van der Waals surface area contributed by atoms with Gasteiger partial charge in [-0.15, -0.1) is 11.8 Å². The molecule has 0 aromatic heterocycles. The van der Waals surface area contributed by atoms with Gasteiger partial charge in [0.1, 0.15) is 5.78 Å². The number of carbonyl (C=O) groups excluding carboxylic acids is 1. The molecule has 1 aromatic carbocycles. The van der Waals surface area contributed by atoms with Crippen molar-refractivity contribution in [1.82, 2.24) is 0 Å². The van der Waals surface area contributed by atoms with Crippen LogP contribution in [0.3, 0.4) is 0 Å². The van der Waals surface area contributed by atoms with Gasteiger partial charge in [0.15, 0.2) is 0 Å². The first-order valence-corrected chi connectivity index (χ1v) is 8.91. The predicted molar refractivity (Wildman–Crippen MR) is 87.9 cm³/mol. The quantitative estimate of drug-likeness (QED) is 0.391. The summed E-state index contributed by atoms with van der Waals surface area (Å²) in [6.07, 6.45) is 8.19. The van der Waals surface area contributed by atoms with Crippen LogP contribution in [0.25, 0.3) is 0 Å². The van der Waals surface area contributed by atoms with Gasteiger partial charge in [-0.3, -0.25) is 4.79 Å². The number of unbranched alkanes of at least 4 members (excludes halogenated alkanes) is 5. The maximum Gasteiger partial charge on any atom is 0.143 e. The third-order valence-electron chi connectivity index (χ3n) is 3.03. The van der Waals surface area contributed by atoms with Crippen molar-refractivity contribution in [2.24, 2.45) is 0 Å². The molecule has 1 aromatic rings. The Labute approximate surface area is 129 Å². The highest BCUT2D eigenvalue weighted by Gasteiger charge is 2.05. The van der Waals surface area contributed by atoms with Gasteiger partial charge in [0, 0.05) is 15.8 Å². The standard InChI is InChI=1S/C16H23BrOS/c1-2-3-4-5-6-7-10-14(18)13-19-16-12-9-8-11-15(16)17/h8-9,11-12H,2-7,10,13H2,1H3. The zero-order valence-electron chi connectivity index (χ0n) is 11.7. The lowest BCUT2D eigenvalue weighted by atomic mass is 10.1. The Kier molecular flexibility index (Phi) is 9.27. The van der Waals surface area contributed by atoms with E-state index >= 15 is 0 Å². The number of ketones is 1. The molecule has 0 aliphatic carbocycles. The summed E-state index contributed by atoms with van der Waals surface area (Å²) >= 11 is 5.13. The minimum atomic E-state index is 0.372. The van der Waals surface area contributed by atoms with E-state index in [1.165, 1.54) is 32.1 Å². The Morgan fingerprint density at radius 2 is 1.79 bits per heavy atom.